The van der Waals surface area contributed by atoms with Crippen LogP contribution in [0.3, 0.4) is 0 Å². The Balaban J connectivity index is 1.65. The van der Waals surface area contributed by atoms with E-state index in [1.165, 1.54) is 12.4 Å². The lowest BCUT2D eigenvalue weighted by molar-refractivity contribution is -0.0573. The van der Waals surface area contributed by atoms with Crippen LogP contribution in [-0.4, -0.2) is 47.3 Å². The van der Waals surface area contributed by atoms with Crippen LogP contribution in [0, 0.1) is 17.6 Å². The van der Waals surface area contributed by atoms with Gasteiger partial charge in [-0.05, 0) is 20.8 Å². The van der Waals surface area contributed by atoms with Gasteiger partial charge in [0, 0.05) is 30.3 Å². The summed E-state index contributed by atoms with van der Waals surface area (Å²) in [5, 5.41) is 6.90. The summed E-state index contributed by atoms with van der Waals surface area (Å²) in [5.74, 6) is -2.05. The molecule has 2 aromatic rings. The van der Waals surface area contributed by atoms with Gasteiger partial charge in [-0.1, -0.05) is 11.6 Å². The molecule has 1 N–H and O–H groups in total. The normalized spacial score (nSPS) is 19.4. The Bertz CT molecular complexity index is 901. The Kier molecular flexibility index (Phi) is 6.82. The molecule has 1 aliphatic heterocycles. The molecule has 7 nitrogen and oxygen atoms in total. The van der Waals surface area contributed by atoms with Crippen LogP contribution in [0.25, 0.3) is 5.69 Å². The lowest BCUT2D eigenvalue weighted by atomic mass is 9.99. The molecular weight excluding hydrogens is 420 g/mol. The molecule has 0 bridgehead atoms. The molecule has 1 fully saturated rings. The van der Waals surface area contributed by atoms with Crippen molar-refractivity contribution in [2.45, 2.75) is 38.8 Å². The van der Waals surface area contributed by atoms with Crippen molar-refractivity contribution in [3.63, 3.8) is 0 Å². The largest absolute Gasteiger partial charge is 0.490 e. The lowest BCUT2D eigenvalue weighted by Gasteiger charge is -2.32. The fourth-order valence-electron chi connectivity index (χ4n) is 2.99. The molecule has 3 rings (SSSR count). The number of hydrogen-bond acceptors (Lipinski definition) is 5. The number of carbonyl (C=O) groups excluding carboxylic acids is 1. The van der Waals surface area contributed by atoms with Gasteiger partial charge in [0.1, 0.15) is 11.8 Å². The molecule has 0 aliphatic carbocycles. The van der Waals surface area contributed by atoms with Gasteiger partial charge in [0.2, 0.25) is 0 Å². The van der Waals surface area contributed by atoms with Crippen molar-refractivity contribution in [2.75, 3.05) is 19.8 Å². The summed E-state index contributed by atoms with van der Waals surface area (Å²) in [6.07, 6.45) is 2.17. The maximum Gasteiger partial charge on any atom is 0.407 e. The van der Waals surface area contributed by atoms with E-state index in [1.807, 2.05) is 20.8 Å². The minimum atomic E-state index is -0.752. The van der Waals surface area contributed by atoms with Crippen molar-refractivity contribution in [1.29, 1.82) is 0 Å². The first-order valence-electron chi connectivity index (χ1n) is 9.51. The number of hydrogen-bond donors (Lipinski definition) is 1. The Morgan fingerprint density at radius 2 is 2.13 bits per heavy atom. The first-order valence-corrected chi connectivity index (χ1v) is 9.89. The number of rotatable bonds is 5. The maximum atomic E-state index is 14.5. The third-order valence-electron chi connectivity index (χ3n) is 4.39. The first-order chi connectivity index (χ1) is 14.1. The standard InChI is InChI=1S/C20H24ClF2N3O4/c1-20(2,3)25-19(27)30-17-4-5-28-10-12(17)11-29-18-7-14(22)16(6-15(18)23)26-9-13(21)8-24-26/h6-9,12,17H,4-5,10-11H2,1-3H3,(H,25,27). The van der Waals surface area contributed by atoms with E-state index in [1.54, 1.807) is 0 Å². The van der Waals surface area contributed by atoms with Crippen LogP contribution >= 0.6 is 11.6 Å². The number of benzene rings is 1. The zero-order valence-corrected chi connectivity index (χ0v) is 17.7. The zero-order chi connectivity index (χ0) is 21.9. The number of nitrogens with one attached hydrogen (secondary N) is 1. The Morgan fingerprint density at radius 1 is 1.37 bits per heavy atom. The summed E-state index contributed by atoms with van der Waals surface area (Å²) in [4.78, 5) is 12.1. The number of alkyl carbamates (subject to hydrolysis) is 1. The van der Waals surface area contributed by atoms with Gasteiger partial charge in [-0.3, -0.25) is 0 Å². The summed E-state index contributed by atoms with van der Waals surface area (Å²) in [7, 11) is 0. The highest BCUT2D eigenvalue weighted by atomic mass is 35.5. The van der Waals surface area contributed by atoms with Crippen molar-refractivity contribution >= 4 is 17.7 Å². The molecule has 2 heterocycles. The number of halogens is 3. The molecular formula is C20H24ClF2N3O4. The molecule has 1 aliphatic rings. The Morgan fingerprint density at radius 3 is 2.80 bits per heavy atom. The highest BCUT2D eigenvalue weighted by Gasteiger charge is 2.31. The molecule has 1 saturated heterocycles. The average molecular weight is 444 g/mol. The fourth-order valence-corrected chi connectivity index (χ4v) is 3.13. The third-order valence-corrected chi connectivity index (χ3v) is 4.59. The molecule has 10 heteroatoms. The van der Waals surface area contributed by atoms with Crippen molar-refractivity contribution in [3.8, 4) is 11.4 Å². The van der Waals surface area contributed by atoms with Gasteiger partial charge in [-0.2, -0.15) is 5.10 Å². The van der Waals surface area contributed by atoms with Gasteiger partial charge >= 0.3 is 6.09 Å². The molecule has 30 heavy (non-hydrogen) atoms. The summed E-state index contributed by atoms with van der Waals surface area (Å²) < 4.78 is 46.5. The van der Waals surface area contributed by atoms with E-state index in [0.29, 0.717) is 18.1 Å². The Labute approximate surface area is 178 Å². The highest BCUT2D eigenvalue weighted by molar-refractivity contribution is 6.30. The molecule has 0 spiro atoms. The summed E-state index contributed by atoms with van der Waals surface area (Å²) >= 11 is 5.78. The second-order valence-corrected chi connectivity index (χ2v) is 8.53. The van der Waals surface area contributed by atoms with Crippen LogP contribution in [0.15, 0.2) is 24.5 Å². The van der Waals surface area contributed by atoms with Gasteiger partial charge in [0.05, 0.1) is 37.0 Å². The summed E-state index contributed by atoms with van der Waals surface area (Å²) in [6, 6.07) is 1.93. The molecule has 164 valence electrons. The van der Waals surface area contributed by atoms with Crippen LogP contribution in [0.5, 0.6) is 5.75 Å². The molecule has 0 saturated carbocycles. The number of carbonyl (C=O) groups is 1. The van der Waals surface area contributed by atoms with Gasteiger partial charge in [-0.15, -0.1) is 0 Å². The predicted molar refractivity (Wildman–Crippen MR) is 106 cm³/mol. The van der Waals surface area contributed by atoms with E-state index < -0.39 is 29.4 Å². The monoisotopic (exact) mass is 443 g/mol. The van der Waals surface area contributed by atoms with Gasteiger partial charge < -0.3 is 19.5 Å². The number of ether oxygens (including phenoxy) is 3. The third kappa shape index (κ3) is 5.82. The van der Waals surface area contributed by atoms with Gasteiger partial charge in [0.15, 0.2) is 17.4 Å². The molecule has 2 unspecified atom stereocenters. The van der Waals surface area contributed by atoms with Crippen LogP contribution in [0.4, 0.5) is 13.6 Å². The van der Waals surface area contributed by atoms with E-state index in [9.17, 15) is 13.6 Å². The molecule has 1 amide bonds. The van der Waals surface area contributed by atoms with Crippen LogP contribution in [0.2, 0.25) is 5.02 Å². The van der Waals surface area contributed by atoms with Crippen molar-refractivity contribution < 1.29 is 27.8 Å². The average Bonchev–Trinajstić information content (AvgIpc) is 3.07. The number of nitrogens with zero attached hydrogens (tertiary/aromatic N) is 2. The van der Waals surface area contributed by atoms with E-state index in [0.717, 1.165) is 16.8 Å². The summed E-state index contributed by atoms with van der Waals surface area (Å²) in [6.45, 7) is 6.25. The predicted octanol–water partition coefficient (Wildman–Crippen LogP) is 4.11. The minimum Gasteiger partial charge on any atom is -0.490 e. The van der Waals surface area contributed by atoms with Crippen LogP contribution in [-0.2, 0) is 9.47 Å². The lowest BCUT2D eigenvalue weighted by Crippen LogP contribution is -2.46. The maximum absolute atomic E-state index is 14.5. The molecule has 1 aromatic carbocycles. The SMILES string of the molecule is CC(C)(C)NC(=O)OC1CCOCC1COc1cc(F)c(-n2cc(Cl)cn2)cc1F. The zero-order valence-electron chi connectivity index (χ0n) is 17.0. The van der Waals surface area contributed by atoms with Gasteiger partial charge in [0.25, 0.3) is 0 Å². The quantitative estimate of drug-likeness (QED) is 0.752. The second kappa shape index (κ2) is 9.18. The van der Waals surface area contributed by atoms with E-state index >= 15 is 0 Å². The van der Waals surface area contributed by atoms with Crippen molar-refractivity contribution in [1.82, 2.24) is 15.1 Å². The second-order valence-electron chi connectivity index (χ2n) is 8.09. The molecule has 1 aromatic heterocycles. The number of amides is 1. The molecule has 0 radical (unpaired) electrons. The van der Waals surface area contributed by atoms with Crippen molar-refractivity contribution in [2.24, 2.45) is 5.92 Å². The summed E-state index contributed by atoms with van der Waals surface area (Å²) in [5.41, 5.74) is -0.525. The van der Waals surface area contributed by atoms with Crippen LogP contribution < -0.4 is 10.1 Å². The first kappa shape index (κ1) is 22.3. The minimum absolute atomic E-state index is 0.00321. The number of aromatic nitrogens is 2. The topological polar surface area (TPSA) is 74.6 Å². The van der Waals surface area contributed by atoms with E-state index in [2.05, 4.69) is 10.4 Å². The van der Waals surface area contributed by atoms with Crippen LogP contribution in [0.1, 0.15) is 27.2 Å². The van der Waals surface area contributed by atoms with Gasteiger partial charge in [-0.25, -0.2) is 18.3 Å². The Hall–Kier alpha value is -2.39. The molecule has 2 atom stereocenters. The fraction of sp³-hybridized carbons (Fsp3) is 0.500. The van der Waals surface area contributed by atoms with Crippen molar-refractivity contribution in [3.05, 3.63) is 41.2 Å². The highest BCUT2D eigenvalue weighted by Crippen LogP contribution is 2.27. The van der Waals surface area contributed by atoms with E-state index in [4.69, 9.17) is 25.8 Å². The van der Waals surface area contributed by atoms with E-state index in [-0.39, 0.29) is 30.6 Å². The smallest absolute Gasteiger partial charge is 0.407 e.